The minimum absolute atomic E-state index is 0.0331. The quantitative estimate of drug-likeness (QED) is 0.224. The van der Waals surface area contributed by atoms with Gasteiger partial charge in [0.15, 0.2) is 0 Å². The molecule has 6 rings (SSSR count). The van der Waals surface area contributed by atoms with Crippen LogP contribution in [0.1, 0.15) is 65.5 Å². The lowest BCUT2D eigenvalue weighted by Gasteiger charge is -2.62. The van der Waals surface area contributed by atoms with E-state index in [1.54, 1.807) is 19.1 Å². The SMILES string of the molecule is COc1c(CN2O[C@@H](CN)[C@H]([C@H](C)O)[C@H]2C(=O)N[C@H]2C[C@H]3C[C@@H]([C@@H]2C)C3(C)C)cccc1-c1cc(CNC(=O)NC(C)C)cc(N(C)C)c1. The summed E-state index contributed by atoms with van der Waals surface area (Å²) in [7, 11) is 5.61. The number of hydrogen-bond acceptors (Lipinski definition) is 8. The maximum Gasteiger partial charge on any atom is 0.315 e. The number of nitrogens with one attached hydrogen (secondary N) is 3. The van der Waals surface area contributed by atoms with Crippen molar-refractivity contribution in [2.45, 2.75) is 97.8 Å². The van der Waals surface area contributed by atoms with Crippen LogP contribution in [-0.4, -0.2) is 80.2 Å². The Kier molecular flexibility index (Phi) is 11.2. The van der Waals surface area contributed by atoms with E-state index in [9.17, 15) is 14.7 Å². The Labute approximate surface area is 292 Å². The summed E-state index contributed by atoms with van der Waals surface area (Å²) in [6.07, 6.45) is 0.873. The second-order valence-corrected chi connectivity index (χ2v) is 15.6. The molecule has 1 saturated heterocycles. The summed E-state index contributed by atoms with van der Waals surface area (Å²) in [4.78, 5) is 35.0. The number of urea groups is 1. The number of hydrogen-bond donors (Lipinski definition) is 5. The second-order valence-electron chi connectivity index (χ2n) is 15.6. The van der Waals surface area contributed by atoms with E-state index in [1.165, 1.54) is 6.42 Å². The van der Waals surface area contributed by atoms with Crippen LogP contribution < -0.4 is 31.3 Å². The summed E-state index contributed by atoms with van der Waals surface area (Å²) in [5.74, 6) is 1.59. The Hall–Kier alpha value is -3.38. The zero-order chi connectivity index (χ0) is 35.8. The summed E-state index contributed by atoms with van der Waals surface area (Å²) >= 11 is 0. The zero-order valence-electron chi connectivity index (χ0n) is 30.7. The van der Waals surface area contributed by atoms with Gasteiger partial charge in [-0.25, -0.2) is 4.79 Å². The largest absolute Gasteiger partial charge is 0.496 e. The first kappa shape index (κ1) is 36.9. The molecule has 1 heterocycles. The van der Waals surface area contributed by atoms with Crippen molar-refractivity contribution < 1.29 is 24.3 Å². The number of methoxy groups -OCH3 is 1. The fourth-order valence-corrected chi connectivity index (χ4v) is 8.56. The van der Waals surface area contributed by atoms with Crippen molar-refractivity contribution in [3.05, 3.63) is 47.5 Å². The molecule has 0 unspecified atom stereocenters. The maximum absolute atomic E-state index is 14.2. The van der Waals surface area contributed by atoms with Crippen LogP contribution in [0.5, 0.6) is 5.75 Å². The van der Waals surface area contributed by atoms with E-state index < -0.39 is 24.2 Å². The van der Waals surface area contributed by atoms with Crippen LogP contribution >= 0.6 is 0 Å². The van der Waals surface area contributed by atoms with Crippen LogP contribution in [-0.2, 0) is 22.7 Å². The van der Waals surface area contributed by atoms with E-state index in [2.05, 4.69) is 54.9 Å². The number of aliphatic hydroxyl groups excluding tert-OH is 1. The number of aliphatic hydroxyl groups is 1. The summed E-state index contributed by atoms with van der Waals surface area (Å²) in [6, 6.07) is 11.3. The number of amides is 3. The number of nitrogens with two attached hydrogens (primary N) is 1. The van der Waals surface area contributed by atoms with Crippen LogP contribution in [0, 0.1) is 29.1 Å². The van der Waals surface area contributed by atoms with E-state index in [1.807, 2.05) is 51.0 Å². The molecule has 270 valence electrons. The van der Waals surface area contributed by atoms with Gasteiger partial charge in [0.25, 0.3) is 0 Å². The molecular formula is C38H58N6O5. The summed E-state index contributed by atoms with van der Waals surface area (Å²) in [5, 5.41) is 21.8. The maximum atomic E-state index is 14.2. The molecule has 8 atom stereocenters. The molecule has 0 radical (unpaired) electrons. The van der Waals surface area contributed by atoms with E-state index in [4.69, 9.17) is 15.3 Å². The van der Waals surface area contributed by atoms with Gasteiger partial charge in [-0.3, -0.25) is 9.63 Å². The Morgan fingerprint density at radius 2 is 1.90 bits per heavy atom. The summed E-state index contributed by atoms with van der Waals surface area (Å²) < 4.78 is 6.07. The minimum atomic E-state index is -0.804. The number of hydroxylamine groups is 2. The first-order chi connectivity index (χ1) is 23.2. The highest BCUT2D eigenvalue weighted by Crippen LogP contribution is 2.61. The van der Waals surface area contributed by atoms with Gasteiger partial charge >= 0.3 is 6.03 Å². The number of anilines is 1. The molecule has 11 heteroatoms. The predicted octanol–water partition coefficient (Wildman–Crippen LogP) is 4.26. The van der Waals surface area contributed by atoms with Gasteiger partial charge in [0.2, 0.25) is 5.91 Å². The number of para-hydroxylation sites is 1. The first-order valence-electron chi connectivity index (χ1n) is 17.8. The van der Waals surface area contributed by atoms with Crippen molar-refractivity contribution in [1.82, 2.24) is 21.0 Å². The van der Waals surface area contributed by atoms with Gasteiger partial charge in [-0.2, -0.15) is 5.06 Å². The van der Waals surface area contributed by atoms with Crippen LogP contribution in [0.3, 0.4) is 0 Å². The van der Waals surface area contributed by atoms with E-state index >= 15 is 0 Å². The van der Waals surface area contributed by atoms with Gasteiger partial charge < -0.3 is 36.4 Å². The summed E-state index contributed by atoms with van der Waals surface area (Å²) in [5.41, 5.74) is 11.0. The van der Waals surface area contributed by atoms with Gasteiger partial charge in [-0.1, -0.05) is 39.0 Å². The molecule has 3 aliphatic carbocycles. The highest BCUT2D eigenvalue weighted by molar-refractivity contribution is 5.83. The van der Waals surface area contributed by atoms with Crippen LogP contribution in [0.4, 0.5) is 10.5 Å². The third-order valence-electron chi connectivity index (χ3n) is 11.4. The van der Waals surface area contributed by atoms with Crippen LogP contribution in [0.15, 0.2) is 36.4 Å². The average molecular weight is 679 g/mol. The first-order valence-corrected chi connectivity index (χ1v) is 17.8. The molecule has 2 aromatic carbocycles. The molecule has 3 amide bonds. The Bertz CT molecular complexity index is 1490. The van der Waals surface area contributed by atoms with Gasteiger partial charge in [-0.05, 0) is 86.1 Å². The van der Waals surface area contributed by atoms with E-state index in [0.29, 0.717) is 35.5 Å². The van der Waals surface area contributed by atoms with Crippen molar-refractivity contribution in [2.75, 3.05) is 32.6 Å². The van der Waals surface area contributed by atoms with Gasteiger partial charge in [0, 0.05) is 62.0 Å². The Morgan fingerprint density at radius 3 is 2.49 bits per heavy atom. The third-order valence-corrected chi connectivity index (χ3v) is 11.4. The lowest BCUT2D eigenvalue weighted by Crippen LogP contribution is -2.62. The van der Waals surface area contributed by atoms with Crippen molar-refractivity contribution >= 4 is 17.6 Å². The number of rotatable bonds is 12. The number of carbonyl (C=O) groups excluding carboxylic acids is 2. The molecule has 6 N–H and O–H groups in total. The van der Waals surface area contributed by atoms with Gasteiger partial charge in [0.05, 0.1) is 25.9 Å². The molecule has 0 aromatic heterocycles. The monoisotopic (exact) mass is 678 g/mol. The fraction of sp³-hybridized carbons (Fsp3) is 0.632. The second kappa shape index (κ2) is 14.8. The molecule has 4 fully saturated rings. The Morgan fingerprint density at radius 1 is 1.16 bits per heavy atom. The molecule has 4 aliphatic rings. The lowest BCUT2D eigenvalue weighted by molar-refractivity contribution is -0.175. The normalized spacial score (nSPS) is 28.0. The zero-order valence-corrected chi connectivity index (χ0v) is 30.7. The number of ether oxygens (including phenoxy) is 1. The highest BCUT2D eigenvalue weighted by atomic mass is 16.7. The smallest absolute Gasteiger partial charge is 0.315 e. The van der Waals surface area contributed by atoms with Crippen molar-refractivity contribution in [3.8, 4) is 16.9 Å². The fourth-order valence-electron chi connectivity index (χ4n) is 8.56. The number of carbonyl (C=O) groups is 2. The lowest BCUT2D eigenvalue weighted by atomic mass is 9.45. The highest BCUT2D eigenvalue weighted by Gasteiger charge is 2.57. The average Bonchev–Trinajstić information content (AvgIpc) is 3.42. The molecule has 0 spiro atoms. The van der Waals surface area contributed by atoms with Crippen molar-refractivity contribution in [1.29, 1.82) is 0 Å². The minimum Gasteiger partial charge on any atom is -0.496 e. The van der Waals surface area contributed by atoms with Gasteiger partial charge in [0.1, 0.15) is 11.8 Å². The molecule has 3 saturated carbocycles. The third kappa shape index (κ3) is 7.55. The molecule has 2 bridgehead atoms. The van der Waals surface area contributed by atoms with E-state index in [-0.39, 0.29) is 37.1 Å². The van der Waals surface area contributed by atoms with Crippen molar-refractivity contribution in [3.63, 3.8) is 0 Å². The van der Waals surface area contributed by atoms with Crippen molar-refractivity contribution in [2.24, 2.45) is 34.8 Å². The molecular weight excluding hydrogens is 620 g/mol. The number of fused-ring (bicyclic) bond motifs is 2. The number of benzene rings is 2. The molecule has 11 nitrogen and oxygen atoms in total. The number of nitrogens with zero attached hydrogens (tertiary/aromatic N) is 2. The standard InChI is InChI=1S/C38H58N6O5/c1-21(2)41-37(47)40-19-24-13-26(15-28(14-24)43(7)8)29-12-10-11-25(35(29)48-9)20-44-34(33(23(4)45)32(18-39)49-44)36(46)42-31-17-27-16-30(22(31)3)38(27,5)6/h10-15,21-23,27,30-34,45H,16-20,39H2,1-9H3,(H,42,46)(H2,40,41,47)/t22-,23-,27+,30-,31-,32-,33-,34-/m0/s1. The molecule has 1 aliphatic heterocycles. The predicted molar refractivity (Wildman–Crippen MR) is 193 cm³/mol. The molecule has 49 heavy (non-hydrogen) atoms. The van der Waals surface area contributed by atoms with Gasteiger partial charge in [-0.15, -0.1) is 0 Å². The van der Waals surface area contributed by atoms with Crippen LogP contribution in [0.25, 0.3) is 11.1 Å². The van der Waals surface area contributed by atoms with E-state index in [0.717, 1.165) is 34.4 Å². The Balaban J connectivity index is 1.43. The van der Waals surface area contributed by atoms with Crippen LogP contribution in [0.2, 0.25) is 0 Å². The topological polar surface area (TPSA) is 141 Å². The summed E-state index contributed by atoms with van der Waals surface area (Å²) in [6.45, 7) is 13.3. The molecule has 2 aromatic rings.